The Morgan fingerprint density at radius 2 is 1.54 bits per heavy atom. The molecule has 1 amide bonds. The number of hydrogen-bond acceptors (Lipinski definition) is 3. The fraction of sp³-hybridized carbons (Fsp3) is 0.0952. The van der Waals surface area contributed by atoms with E-state index in [2.05, 4.69) is 10.0 Å². The van der Waals surface area contributed by atoms with Gasteiger partial charge in [0.05, 0.1) is 10.6 Å². The number of carbonyl (C=O) groups excluding carboxylic acids is 1. The van der Waals surface area contributed by atoms with E-state index in [9.17, 15) is 13.2 Å². The Balaban J connectivity index is 1.74. The molecule has 0 saturated carbocycles. The molecule has 3 rings (SSSR count). The molecule has 0 aliphatic rings. The Bertz CT molecular complexity index is 1110. The Morgan fingerprint density at radius 1 is 0.893 bits per heavy atom. The van der Waals surface area contributed by atoms with Gasteiger partial charge in [0.1, 0.15) is 0 Å². The molecule has 2 N–H and O–H groups in total. The van der Waals surface area contributed by atoms with Crippen LogP contribution in [0.1, 0.15) is 21.5 Å². The van der Waals surface area contributed by atoms with E-state index in [0.717, 1.165) is 11.1 Å². The second kappa shape index (κ2) is 8.04. The van der Waals surface area contributed by atoms with Gasteiger partial charge < -0.3 is 5.32 Å². The number of aryl methyl sites for hydroxylation is 2. The number of hydrogen-bond donors (Lipinski definition) is 2. The van der Waals surface area contributed by atoms with Crippen molar-refractivity contribution in [1.82, 2.24) is 0 Å². The SMILES string of the molecule is Cc1ccc(C(=O)Nc2ccc(S(=O)(=O)Nc3ccc(Cl)cc3C)cc2)cc1. The number of sulfonamides is 1. The van der Waals surface area contributed by atoms with Crippen molar-refractivity contribution in [2.45, 2.75) is 18.7 Å². The third kappa shape index (κ3) is 4.71. The van der Waals surface area contributed by atoms with Gasteiger partial charge in [-0.3, -0.25) is 9.52 Å². The van der Waals surface area contributed by atoms with Crippen molar-refractivity contribution in [2.75, 3.05) is 10.0 Å². The van der Waals surface area contributed by atoms with Gasteiger partial charge in [-0.1, -0.05) is 29.3 Å². The van der Waals surface area contributed by atoms with E-state index in [-0.39, 0.29) is 10.8 Å². The Labute approximate surface area is 169 Å². The van der Waals surface area contributed by atoms with Crippen LogP contribution in [0.5, 0.6) is 0 Å². The van der Waals surface area contributed by atoms with Gasteiger partial charge in [0.25, 0.3) is 15.9 Å². The van der Waals surface area contributed by atoms with Crippen LogP contribution in [-0.2, 0) is 10.0 Å². The zero-order valence-electron chi connectivity index (χ0n) is 15.4. The molecule has 0 radical (unpaired) electrons. The van der Waals surface area contributed by atoms with Crippen molar-refractivity contribution in [3.05, 3.63) is 88.4 Å². The minimum atomic E-state index is -3.76. The first-order valence-corrected chi connectivity index (χ1v) is 10.4. The van der Waals surface area contributed by atoms with Crippen molar-refractivity contribution in [1.29, 1.82) is 0 Å². The summed E-state index contributed by atoms with van der Waals surface area (Å²) in [6.07, 6.45) is 0. The molecule has 3 aromatic rings. The largest absolute Gasteiger partial charge is 0.322 e. The van der Waals surface area contributed by atoms with Crippen molar-refractivity contribution in [3.8, 4) is 0 Å². The van der Waals surface area contributed by atoms with E-state index in [1.54, 1.807) is 49.4 Å². The van der Waals surface area contributed by atoms with Gasteiger partial charge in [-0.05, 0) is 74.0 Å². The molecule has 7 heteroatoms. The number of carbonyl (C=O) groups is 1. The lowest BCUT2D eigenvalue weighted by Gasteiger charge is -2.11. The van der Waals surface area contributed by atoms with E-state index < -0.39 is 10.0 Å². The summed E-state index contributed by atoms with van der Waals surface area (Å²) >= 11 is 5.90. The maximum Gasteiger partial charge on any atom is 0.261 e. The first kappa shape index (κ1) is 19.9. The lowest BCUT2D eigenvalue weighted by atomic mass is 10.1. The van der Waals surface area contributed by atoms with Crippen LogP contribution in [0.3, 0.4) is 0 Å². The topological polar surface area (TPSA) is 75.3 Å². The van der Waals surface area contributed by atoms with Gasteiger partial charge in [0.2, 0.25) is 0 Å². The van der Waals surface area contributed by atoms with Crippen molar-refractivity contribution < 1.29 is 13.2 Å². The number of anilines is 2. The van der Waals surface area contributed by atoms with Crippen LogP contribution >= 0.6 is 11.6 Å². The number of benzene rings is 3. The zero-order chi connectivity index (χ0) is 20.3. The van der Waals surface area contributed by atoms with Crippen molar-refractivity contribution in [3.63, 3.8) is 0 Å². The molecule has 0 aromatic heterocycles. The average molecular weight is 415 g/mol. The van der Waals surface area contributed by atoms with E-state index in [0.29, 0.717) is 22.0 Å². The summed E-state index contributed by atoms with van der Waals surface area (Å²) in [6.45, 7) is 3.72. The molecule has 144 valence electrons. The molecule has 5 nitrogen and oxygen atoms in total. The van der Waals surface area contributed by atoms with E-state index in [1.165, 1.54) is 12.1 Å². The summed E-state index contributed by atoms with van der Waals surface area (Å²) in [7, 11) is -3.76. The summed E-state index contributed by atoms with van der Waals surface area (Å²) in [5, 5.41) is 3.29. The van der Waals surface area contributed by atoms with Crippen LogP contribution in [0.2, 0.25) is 5.02 Å². The highest BCUT2D eigenvalue weighted by Gasteiger charge is 2.16. The zero-order valence-corrected chi connectivity index (χ0v) is 16.9. The molecular formula is C21H19ClN2O3S. The lowest BCUT2D eigenvalue weighted by Crippen LogP contribution is -2.14. The summed E-state index contributed by atoms with van der Waals surface area (Å²) < 4.78 is 27.7. The van der Waals surface area contributed by atoms with Crippen LogP contribution in [0.4, 0.5) is 11.4 Å². The molecule has 0 spiro atoms. The van der Waals surface area contributed by atoms with Crippen LogP contribution in [0, 0.1) is 13.8 Å². The Morgan fingerprint density at radius 3 is 2.14 bits per heavy atom. The lowest BCUT2D eigenvalue weighted by molar-refractivity contribution is 0.102. The normalized spacial score (nSPS) is 11.1. The first-order valence-electron chi connectivity index (χ1n) is 8.52. The monoisotopic (exact) mass is 414 g/mol. The number of nitrogens with one attached hydrogen (secondary N) is 2. The van der Waals surface area contributed by atoms with Crippen molar-refractivity contribution in [2.24, 2.45) is 0 Å². The molecule has 0 bridgehead atoms. The van der Waals surface area contributed by atoms with Crippen LogP contribution in [0.25, 0.3) is 0 Å². The molecule has 3 aromatic carbocycles. The van der Waals surface area contributed by atoms with E-state index in [1.807, 2.05) is 19.1 Å². The first-order chi connectivity index (χ1) is 13.2. The van der Waals surface area contributed by atoms with E-state index in [4.69, 9.17) is 11.6 Å². The molecule has 0 atom stereocenters. The molecule has 0 aliphatic heterocycles. The van der Waals surface area contributed by atoms with Gasteiger partial charge in [0, 0.05) is 16.3 Å². The van der Waals surface area contributed by atoms with Crippen LogP contribution < -0.4 is 10.0 Å². The summed E-state index contributed by atoms with van der Waals surface area (Å²) in [6, 6.07) is 18.1. The second-order valence-corrected chi connectivity index (χ2v) is 8.53. The summed E-state index contributed by atoms with van der Waals surface area (Å²) in [5.74, 6) is -0.259. The molecule has 0 saturated heterocycles. The Hall–Kier alpha value is -2.83. The molecule has 0 fully saturated rings. The van der Waals surface area contributed by atoms with Crippen molar-refractivity contribution >= 4 is 38.9 Å². The van der Waals surface area contributed by atoms with Gasteiger partial charge >= 0.3 is 0 Å². The highest BCUT2D eigenvalue weighted by atomic mass is 35.5. The molecule has 0 aliphatic carbocycles. The summed E-state index contributed by atoms with van der Waals surface area (Å²) in [5.41, 5.74) is 3.28. The predicted molar refractivity (Wildman–Crippen MR) is 113 cm³/mol. The number of rotatable bonds is 5. The maximum atomic E-state index is 12.6. The summed E-state index contributed by atoms with van der Waals surface area (Å²) in [4.78, 5) is 12.4. The Kier molecular flexibility index (Phi) is 5.72. The number of amides is 1. The van der Waals surface area contributed by atoms with Crippen LogP contribution in [0.15, 0.2) is 71.6 Å². The number of halogens is 1. The third-order valence-electron chi connectivity index (χ3n) is 4.17. The smallest absolute Gasteiger partial charge is 0.261 e. The minimum absolute atomic E-state index is 0.0928. The van der Waals surface area contributed by atoms with E-state index >= 15 is 0 Å². The third-order valence-corrected chi connectivity index (χ3v) is 5.79. The van der Waals surface area contributed by atoms with Crippen LogP contribution in [-0.4, -0.2) is 14.3 Å². The second-order valence-electron chi connectivity index (χ2n) is 6.41. The highest BCUT2D eigenvalue weighted by Crippen LogP contribution is 2.23. The van der Waals surface area contributed by atoms with Gasteiger partial charge in [-0.2, -0.15) is 0 Å². The fourth-order valence-electron chi connectivity index (χ4n) is 2.57. The maximum absolute atomic E-state index is 12.6. The van der Waals surface area contributed by atoms with Gasteiger partial charge in [0.15, 0.2) is 0 Å². The predicted octanol–water partition coefficient (Wildman–Crippen LogP) is 5.01. The minimum Gasteiger partial charge on any atom is -0.322 e. The molecule has 0 heterocycles. The quantitative estimate of drug-likeness (QED) is 0.616. The van der Waals surface area contributed by atoms with Gasteiger partial charge in [-0.25, -0.2) is 8.42 Å². The molecule has 28 heavy (non-hydrogen) atoms. The molecule has 0 unspecified atom stereocenters. The van der Waals surface area contributed by atoms with Gasteiger partial charge in [-0.15, -0.1) is 0 Å². The standard InChI is InChI=1S/C21H19ClN2O3S/c1-14-3-5-16(6-4-14)21(25)23-18-8-10-19(11-9-18)28(26,27)24-20-12-7-17(22)13-15(20)2/h3-13,24H,1-2H3,(H,23,25). The average Bonchev–Trinajstić information content (AvgIpc) is 2.65. The fourth-order valence-corrected chi connectivity index (χ4v) is 3.93. The highest BCUT2D eigenvalue weighted by molar-refractivity contribution is 7.92. The molecular weight excluding hydrogens is 396 g/mol.